The van der Waals surface area contributed by atoms with Crippen molar-refractivity contribution in [2.24, 2.45) is 5.16 Å². The molecule has 2 aromatic rings. The third-order valence-corrected chi connectivity index (χ3v) is 4.81. The third-order valence-electron chi connectivity index (χ3n) is 4.81. The summed E-state index contributed by atoms with van der Waals surface area (Å²) >= 11 is 0. The number of rotatable bonds is 5. The predicted molar refractivity (Wildman–Crippen MR) is 99.5 cm³/mol. The highest BCUT2D eigenvalue weighted by molar-refractivity contribution is 6.00. The molecule has 0 radical (unpaired) electrons. The molecule has 1 N–H and O–H groups in total. The molecule has 0 atom stereocenters. The van der Waals surface area contributed by atoms with Gasteiger partial charge in [-0.1, -0.05) is 47.6 Å². The van der Waals surface area contributed by atoms with Crippen molar-refractivity contribution in [3.8, 4) is 0 Å². The van der Waals surface area contributed by atoms with E-state index >= 15 is 0 Å². The van der Waals surface area contributed by atoms with E-state index in [4.69, 9.17) is 0 Å². The SMILES string of the molecule is O/N=C(\CCN1CCN(c2ccccc2C(F)(F)F)CC1)c1ccccc1. The van der Waals surface area contributed by atoms with E-state index in [2.05, 4.69) is 10.1 Å². The van der Waals surface area contributed by atoms with E-state index in [-0.39, 0.29) is 5.69 Å². The number of hydrogen-bond donors (Lipinski definition) is 1. The molecule has 144 valence electrons. The first-order chi connectivity index (χ1) is 13.0. The Kier molecular flexibility index (Phi) is 6.01. The summed E-state index contributed by atoms with van der Waals surface area (Å²) in [5.74, 6) is 0. The molecule has 0 saturated carbocycles. The summed E-state index contributed by atoms with van der Waals surface area (Å²) < 4.78 is 39.6. The van der Waals surface area contributed by atoms with Crippen LogP contribution in [0.15, 0.2) is 59.8 Å². The van der Waals surface area contributed by atoms with Crippen molar-refractivity contribution < 1.29 is 18.4 Å². The van der Waals surface area contributed by atoms with Gasteiger partial charge in [-0.2, -0.15) is 13.2 Å². The van der Waals surface area contributed by atoms with Gasteiger partial charge in [-0.05, 0) is 17.7 Å². The van der Waals surface area contributed by atoms with Gasteiger partial charge in [0.05, 0.1) is 11.3 Å². The van der Waals surface area contributed by atoms with Gasteiger partial charge in [0.25, 0.3) is 0 Å². The lowest BCUT2D eigenvalue weighted by molar-refractivity contribution is -0.137. The van der Waals surface area contributed by atoms with E-state index < -0.39 is 11.7 Å². The zero-order valence-electron chi connectivity index (χ0n) is 14.9. The predicted octanol–water partition coefficient (Wildman–Crippen LogP) is 4.10. The van der Waals surface area contributed by atoms with Crippen molar-refractivity contribution >= 4 is 11.4 Å². The molecule has 27 heavy (non-hydrogen) atoms. The van der Waals surface area contributed by atoms with Crippen molar-refractivity contribution in [3.63, 3.8) is 0 Å². The zero-order chi connectivity index (χ0) is 19.3. The quantitative estimate of drug-likeness (QED) is 0.485. The van der Waals surface area contributed by atoms with Gasteiger partial charge in [0.2, 0.25) is 0 Å². The first-order valence-corrected chi connectivity index (χ1v) is 8.89. The van der Waals surface area contributed by atoms with Gasteiger partial charge < -0.3 is 10.1 Å². The molecule has 0 spiro atoms. The Morgan fingerprint density at radius 1 is 0.926 bits per heavy atom. The maximum atomic E-state index is 13.2. The van der Waals surface area contributed by atoms with Crippen LogP contribution >= 0.6 is 0 Å². The molecule has 1 aliphatic heterocycles. The zero-order valence-corrected chi connectivity index (χ0v) is 14.9. The lowest BCUT2D eigenvalue weighted by Crippen LogP contribution is -2.47. The van der Waals surface area contributed by atoms with Crippen LogP contribution in [0, 0.1) is 0 Å². The molecule has 1 fully saturated rings. The Bertz CT molecular complexity index is 770. The Hall–Kier alpha value is -2.54. The molecule has 2 aromatic carbocycles. The minimum absolute atomic E-state index is 0.242. The van der Waals surface area contributed by atoms with Crippen LogP contribution in [-0.4, -0.2) is 48.5 Å². The minimum atomic E-state index is -4.35. The average Bonchev–Trinajstić information content (AvgIpc) is 2.69. The fourth-order valence-corrected chi connectivity index (χ4v) is 3.35. The molecule has 1 saturated heterocycles. The summed E-state index contributed by atoms with van der Waals surface area (Å²) in [4.78, 5) is 3.97. The lowest BCUT2D eigenvalue weighted by atomic mass is 10.1. The number of benzene rings is 2. The largest absolute Gasteiger partial charge is 0.418 e. The maximum Gasteiger partial charge on any atom is 0.418 e. The minimum Gasteiger partial charge on any atom is -0.411 e. The second-order valence-corrected chi connectivity index (χ2v) is 6.51. The second-order valence-electron chi connectivity index (χ2n) is 6.51. The smallest absolute Gasteiger partial charge is 0.411 e. The highest BCUT2D eigenvalue weighted by atomic mass is 19.4. The fraction of sp³-hybridized carbons (Fsp3) is 0.350. The van der Waals surface area contributed by atoms with Crippen molar-refractivity contribution in [1.29, 1.82) is 0 Å². The van der Waals surface area contributed by atoms with Crippen LogP contribution in [0.3, 0.4) is 0 Å². The molecular weight excluding hydrogens is 355 g/mol. The number of anilines is 1. The monoisotopic (exact) mass is 377 g/mol. The summed E-state index contributed by atoms with van der Waals surface area (Å²) in [5.41, 5.74) is 1.14. The van der Waals surface area contributed by atoms with Crippen molar-refractivity contribution in [3.05, 3.63) is 65.7 Å². The molecule has 0 unspecified atom stereocenters. The first kappa shape index (κ1) is 19.2. The van der Waals surface area contributed by atoms with E-state index in [0.29, 0.717) is 44.9 Å². The summed E-state index contributed by atoms with van der Waals surface area (Å²) in [6.45, 7) is 3.09. The van der Waals surface area contributed by atoms with Crippen LogP contribution < -0.4 is 4.90 Å². The average molecular weight is 377 g/mol. The molecule has 3 rings (SSSR count). The number of alkyl halides is 3. The van der Waals surface area contributed by atoms with Gasteiger partial charge in [-0.3, -0.25) is 4.90 Å². The molecule has 0 aliphatic carbocycles. The van der Waals surface area contributed by atoms with Crippen LogP contribution in [0.25, 0.3) is 0 Å². The first-order valence-electron chi connectivity index (χ1n) is 8.89. The van der Waals surface area contributed by atoms with Gasteiger partial charge in [0.15, 0.2) is 0 Å². The summed E-state index contributed by atoms with van der Waals surface area (Å²) in [5, 5.41) is 12.7. The molecule has 7 heteroatoms. The topological polar surface area (TPSA) is 39.1 Å². The summed E-state index contributed by atoms with van der Waals surface area (Å²) in [6, 6.07) is 15.2. The standard InChI is InChI=1S/C20H22F3N3O/c21-20(22,23)17-8-4-5-9-19(17)26-14-12-25(13-15-26)11-10-18(24-27)16-6-2-1-3-7-16/h1-9,27H,10-15H2/b24-18+. The van der Waals surface area contributed by atoms with Gasteiger partial charge in [-0.15, -0.1) is 0 Å². The number of nitrogens with zero attached hydrogens (tertiary/aromatic N) is 3. The maximum absolute atomic E-state index is 13.2. The van der Waals surface area contributed by atoms with Crippen LogP contribution in [-0.2, 0) is 6.18 Å². The number of hydrogen-bond acceptors (Lipinski definition) is 4. The van der Waals surface area contributed by atoms with E-state index in [1.54, 1.807) is 11.0 Å². The molecule has 1 heterocycles. The van der Waals surface area contributed by atoms with Crippen LogP contribution in [0.5, 0.6) is 0 Å². The molecule has 0 bridgehead atoms. The third kappa shape index (κ3) is 4.80. The number of halogens is 3. The lowest BCUT2D eigenvalue weighted by Gasteiger charge is -2.37. The van der Waals surface area contributed by atoms with E-state index in [0.717, 1.165) is 11.6 Å². The van der Waals surface area contributed by atoms with E-state index in [1.807, 2.05) is 30.3 Å². The van der Waals surface area contributed by atoms with Crippen molar-refractivity contribution in [2.75, 3.05) is 37.6 Å². The Balaban J connectivity index is 1.57. The second kappa shape index (κ2) is 8.43. The molecule has 1 aliphatic rings. The highest BCUT2D eigenvalue weighted by Crippen LogP contribution is 2.36. The molecule has 4 nitrogen and oxygen atoms in total. The number of oxime groups is 1. The van der Waals surface area contributed by atoms with Crippen molar-refractivity contribution in [2.45, 2.75) is 12.6 Å². The van der Waals surface area contributed by atoms with Gasteiger partial charge in [-0.25, -0.2) is 0 Å². The normalized spacial score (nSPS) is 16.6. The Morgan fingerprint density at radius 2 is 1.56 bits per heavy atom. The Morgan fingerprint density at radius 3 is 2.19 bits per heavy atom. The van der Waals surface area contributed by atoms with Gasteiger partial charge >= 0.3 is 6.18 Å². The molecule has 0 amide bonds. The fourth-order valence-electron chi connectivity index (χ4n) is 3.35. The molecular formula is C20H22F3N3O. The summed E-state index contributed by atoms with van der Waals surface area (Å²) in [7, 11) is 0. The number of para-hydroxylation sites is 1. The van der Waals surface area contributed by atoms with E-state index in [9.17, 15) is 18.4 Å². The van der Waals surface area contributed by atoms with Crippen LogP contribution in [0.2, 0.25) is 0 Å². The van der Waals surface area contributed by atoms with Crippen LogP contribution in [0.1, 0.15) is 17.5 Å². The number of piperazine rings is 1. The Labute approximate surface area is 156 Å². The van der Waals surface area contributed by atoms with Crippen molar-refractivity contribution in [1.82, 2.24) is 4.90 Å². The highest BCUT2D eigenvalue weighted by Gasteiger charge is 2.35. The molecule has 0 aromatic heterocycles. The summed E-state index contributed by atoms with van der Waals surface area (Å²) in [6.07, 6.45) is -3.77. The van der Waals surface area contributed by atoms with E-state index in [1.165, 1.54) is 12.1 Å². The van der Waals surface area contributed by atoms with Crippen LogP contribution in [0.4, 0.5) is 18.9 Å². The van der Waals surface area contributed by atoms with Gasteiger partial charge in [0.1, 0.15) is 0 Å². The van der Waals surface area contributed by atoms with Gasteiger partial charge in [0, 0.05) is 44.8 Å².